The number of thioether (sulfide) groups is 2. The highest BCUT2D eigenvalue weighted by Crippen LogP contribution is 2.07. The van der Waals surface area contributed by atoms with Crippen LogP contribution < -0.4 is 0 Å². The van der Waals surface area contributed by atoms with Crippen LogP contribution in [0.3, 0.4) is 0 Å². The van der Waals surface area contributed by atoms with Gasteiger partial charge in [0.2, 0.25) is 0 Å². The Hall–Kier alpha value is -0.220. The second-order valence-electron chi connectivity index (χ2n) is 3.44. The molecule has 0 aromatic carbocycles. The Morgan fingerprint density at radius 3 is 1.56 bits per heavy atom. The van der Waals surface area contributed by atoms with Gasteiger partial charge in [0.25, 0.3) is 0 Å². The topological polar surface area (TPSA) is 34.1 Å². The molecule has 4 heteroatoms. The van der Waals surface area contributed by atoms with Crippen molar-refractivity contribution in [3.63, 3.8) is 0 Å². The second kappa shape index (κ2) is 11.3. The predicted molar refractivity (Wildman–Crippen MR) is 73.9 cm³/mol. The lowest BCUT2D eigenvalue weighted by Gasteiger charge is -1.95. The molecule has 0 aliphatic heterocycles. The Kier molecular flexibility index (Phi) is 11.1. The highest BCUT2D eigenvalue weighted by Gasteiger charge is 1.93. The van der Waals surface area contributed by atoms with Gasteiger partial charge in [0.05, 0.1) is 0 Å². The minimum Gasteiger partial charge on any atom is -0.288 e. The summed E-state index contributed by atoms with van der Waals surface area (Å²) in [6.07, 6.45) is 8.53. The quantitative estimate of drug-likeness (QED) is 0.492. The van der Waals surface area contributed by atoms with Gasteiger partial charge in [0.1, 0.15) is 0 Å². The van der Waals surface area contributed by atoms with Gasteiger partial charge in [-0.1, -0.05) is 35.7 Å². The lowest BCUT2D eigenvalue weighted by atomic mass is 10.2. The molecule has 0 aromatic rings. The van der Waals surface area contributed by atoms with Crippen molar-refractivity contribution in [1.82, 2.24) is 0 Å². The van der Waals surface area contributed by atoms with Crippen molar-refractivity contribution in [2.24, 2.45) is 0 Å². The van der Waals surface area contributed by atoms with Crippen LogP contribution in [-0.4, -0.2) is 21.7 Å². The number of unbranched alkanes of at least 4 members (excludes halogenated alkanes) is 2. The molecule has 0 N–H and O–H groups in total. The summed E-state index contributed by atoms with van der Waals surface area (Å²) in [5.41, 5.74) is 0. The van der Waals surface area contributed by atoms with Crippen LogP contribution in [0.2, 0.25) is 0 Å². The molecule has 0 aliphatic rings. The Morgan fingerprint density at radius 1 is 0.875 bits per heavy atom. The number of carbonyl (C=O) groups is 2. The second-order valence-corrected chi connectivity index (χ2v) is 5.98. The molecular formula is C12H20O2S2. The minimum atomic E-state index is 0.199. The average Bonchev–Trinajstić information content (AvgIpc) is 2.20. The minimum absolute atomic E-state index is 0.199. The zero-order valence-corrected chi connectivity index (χ0v) is 11.7. The van der Waals surface area contributed by atoms with E-state index in [1.165, 1.54) is 23.5 Å². The maximum atomic E-state index is 10.6. The molecule has 0 saturated carbocycles. The van der Waals surface area contributed by atoms with E-state index in [4.69, 9.17) is 0 Å². The van der Waals surface area contributed by atoms with E-state index in [0.29, 0.717) is 0 Å². The molecule has 0 aliphatic carbocycles. The highest BCUT2D eigenvalue weighted by molar-refractivity contribution is 8.13. The number of carbonyl (C=O) groups excluding carboxylic acids is 2. The molecule has 0 unspecified atom stereocenters. The molecule has 2 nitrogen and oxygen atoms in total. The zero-order valence-electron chi connectivity index (χ0n) is 10.0. The summed E-state index contributed by atoms with van der Waals surface area (Å²) in [6, 6.07) is 0. The van der Waals surface area contributed by atoms with Crippen LogP contribution in [0.4, 0.5) is 0 Å². The number of hydrogen-bond acceptors (Lipinski definition) is 4. The van der Waals surface area contributed by atoms with E-state index in [1.807, 2.05) is 0 Å². The third kappa shape index (κ3) is 13.8. The lowest BCUT2D eigenvalue weighted by Crippen LogP contribution is -1.86. The van der Waals surface area contributed by atoms with Crippen LogP contribution in [0, 0.1) is 0 Å². The van der Waals surface area contributed by atoms with E-state index in [0.717, 1.165) is 37.2 Å². The smallest absolute Gasteiger partial charge is 0.185 e. The van der Waals surface area contributed by atoms with Crippen molar-refractivity contribution in [3.8, 4) is 0 Å². The number of rotatable bonds is 8. The first-order valence-corrected chi connectivity index (χ1v) is 7.51. The van der Waals surface area contributed by atoms with Gasteiger partial charge < -0.3 is 0 Å². The zero-order chi connectivity index (χ0) is 12.2. The fraction of sp³-hybridized carbons (Fsp3) is 0.667. The summed E-state index contributed by atoms with van der Waals surface area (Å²) >= 11 is 2.79. The van der Waals surface area contributed by atoms with E-state index in [2.05, 4.69) is 12.2 Å². The molecule has 0 saturated heterocycles. The summed E-state index contributed by atoms with van der Waals surface area (Å²) in [7, 11) is 0. The maximum absolute atomic E-state index is 10.6. The van der Waals surface area contributed by atoms with Crippen molar-refractivity contribution >= 4 is 33.8 Å². The molecule has 0 spiro atoms. The molecule has 0 bridgehead atoms. The van der Waals surface area contributed by atoms with Crippen LogP contribution >= 0.6 is 23.5 Å². The third-order valence-electron chi connectivity index (χ3n) is 1.81. The van der Waals surface area contributed by atoms with Crippen molar-refractivity contribution in [2.75, 3.05) is 11.5 Å². The van der Waals surface area contributed by atoms with Crippen LogP contribution in [0.5, 0.6) is 0 Å². The summed E-state index contributed by atoms with van der Waals surface area (Å²) < 4.78 is 0. The molecule has 0 aromatic heterocycles. The molecule has 0 heterocycles. The predicted octanol–water partition coefficient (Wildman–Crippen LogP) is 3.66. The Bertz CT molecular complexity index is 213. The van der Waals surface area contributed by atoms with Crippen LogP contribution in [-0.2, 0) is 9.59 Å². The summed E-state index contributed by atoms with van der Waals surface area (Å²) in [5, 5.41) is 0.399. The fourth-order valence-electron chi connectivity index (χ4n) is 1.07. The molecule has 16 heavy (non-hydrogen) atoms. The van der Waals surface area contributed by atoms with E-state index in [9.17, 15) is 9.59 Å². The van der Waals surface area contributed by atoms with Gasteiger partial charge >= 0.3 is 0 Å². The van der Waals surface area contributed by atoms with E-state index >= 15 is 0 Å². The summed E-state index contributed by atoms with van der Waals surface area (Å²) in [5.74, 6) is 1.83. The van der Waals surface area contributed by atoms with Crippen molar-refractivity contribution in [3.05, 3.63) is 12.2 Å². The van der Waals surface area contributed by atoms with Gasteiger partial charge in [-0.05, 0) is 25.7 Å². The van der Waals surface area contributed by atoms with Gasteiger partial charge in [-0.2, -0.15) is 0 Å². The Morgan fingerprint density at radius 2 is 1.25 bits per heavy atom. The molecule has 0 atom stereocenters. The van der Waals surface area contributed by atoms with E-state index in [-0.39, 0.29) is 10.2 Å². The van der Waals surface area contributed by atoms with Crippen molar-refractivity contribution in [2.45, 2.75) is 39.5 Å². The largest absolute Gasteiger partial charge is 0.288 e. The molecule has 92 valence electrons. The van der Waals surface area contributed by atoms with Gasteiger partial charge in [-0.15, -0.1) is 0 Å². The van der Waals surface area contributed by atoms with Gasteiger partial charge in [0, 0.05) is 25.4 Å². The molecule has 0 rings (SSSR count). The van der Waals surface area contributed by atoms with Crippen LogP contribution in [0.25, 0.3) is 0 Å². The third-order valence-corrected chi connectivity index (χ3v) is 3.61. The van der Waals surface area contributed by atoms with Crippen LogP contribution in [0.15, 0.2) is 12.2 Å². The summed E-state index contributed by atoms with van der Waals surface area (Å²) in [6.45, 7) is 3.21. The average molecular weight is 260 g/mol. The molecule has 0 amide bonds. The fourth-order valence-corrected chi connectivity index (χ4v) is 2.27. The lowest BCUT2D eigenvalue weighted by molar-refractivity contribution is -0.109. The monoisotopic (exact) mass is 260 g/mol. The first-order valence-electron chi connectivity index (χ1n) is 5.54. The van der Waals surface area contributed by atoms with E-state index in [1.54, 1.807) is 13.8 Å². The van der Waals surface area contributed by atoms with Gasteiger partial charge in [-0.25, -0.2) is 0 Å². The first kappa shape index (κ1) is 15.8. The van der Waals surface area contributed by atoms with Gasteiger partial charge in [-0.3, -0.25) is 9.59 Å². The standard InChI is InChI=1S/C12H20O2S2/c1-11(13)15-9-7-5-3-4-6-8-10-16-12(2)14/h3-4H,5-10H2,1-2H3/b4-3+. The van der Waals surface area contributed by atoms with E-state index < -0.39 is 0 Å². The van der Waals surface area contributed by atoms with Crippen molar-refractivity contribution < 1.29 is 9.59 Å². The Labute approximate surface area is 107 Å². The molecular weight excluding hydrogens is 240 g/mol. The maximum Gasteiger partial charge on any atom is 0.185 e. The van der Waals surface area contributed by atoms with Crippen LogP contribution in [0.1, 0.15) is 39.5 Å². The number of hydrogen-bond donors (Lipinski definition) is 0. The molecule has 0 radical (unpaired) electrons. The van der Waals surface area contributed by atoms with Crippen molar-refractivity contribution in [1.29, 1.82) is 0 Å². The SMILES string of the molecule is CC(=O)SCCC/C=C/CCCSC(C)=O. The first-order chi connectivity index (χ1) is 7.63. The molecule has 0 fully saturated rings. The Balaban J connectivity index is 3.16. The normalized spacial score (nSPS) is 10.9. The number of allylic oxidation sites excluding steroid dienone is 2. The summed E-state index contributed by atoms with van der Waals surface area (Å²) in [4.78, 5) is 21.2. The van der Waals surface area contributed by atoms with Gasteiger partial charge in [0.15, 0.2) is 10.2 Å². The highest BCUT2D eigenvalue weighted by atomic mass is 32.2.